The molecule has 0 bridgehead atoms. The quantitative estimate of drug-likeness (QED) is 0.231. The fourth-order valence-electron chi connectivity index (χ4n) is 0.938. The molecular weight excluding hydrogens is 238 g/mol. The van der Waals surface area contributed by atoms with Crippen molar-refractivity contribution in [2.45, 2.75) is 20.3 Å². The fourth-order valence-corrected chi connectivity index (χ4v) is 1.17. The zero-order valence-electron chi connectivity index (χ0n) is 10.3. The Morgan fingerprint density at radius 3 is 2.88 bits per heavy atom. The molecule has 0 radical (unpaired) electrons. The van der Waals surface area contributed by atoms with E-state index in [0.29, 0.717) is 24.1 Å². The maximum absolute atomic E-state index is 5.95. The highest BCUT2D eigenvalue weighted by Crippen LogP contribution is 2.10. The lowest BCUT2D eigenvalue weighted by Crippen LogP contribution is -2.21. The third-order valence-corrected chi connectivity index (χ3v) is 2.17. The van der Waals surface area contributed by atoms with Crippen molar-refractivity contribution >= 4 is 17.8 Å². The Hall–Kier alpha value is -1.10. The van der Waals surface area contributed by atoms with Gasteiger partial charge in [-0.25, -0.2) is 0 Å². The minimum atomic E-state index is 0.315. The second kappa shape index (κ2) is 11.4. The first-order valence-electron chi connectivity index (χ1n) is 5.47. The lowest BCUT2D eigenvalue weighted by atomic mass is 10.3. The largest absolute Gasteiger partial charge is 0.355 e. The molecule has 0 amide bonds. The van der Waals surface area contributed by atoms with Gasteiger partial charge in [0.2, 0.25) is 0 Å². The second-order valence-corrected chi connectivity index (χ2v) is 3.47. The summed E-state index contributed by atoms with van der Waals surface area (Å²) in [7, 11) is 0. The molecule has 96 valence electrons. The van der Waals surface area contributed by atoms with Crippen LogP contribution in [0.15, 0.2) is 40.0 Å². The summed E-state index contributed by atoms with van der Waals surface area (Å²) in [5.41, 5.74) is 3.16. The monoisotopic (exact) mass is 257 g/mol. The molecule has 0 rings (SSSR count). The first kappa shape index (κ1) is 15.9. The predicted molar refractivity (Wildman–Crippen MR) is 73.8 cm³/mol. The average molecular weight is 258 g/mol. The number of rotatable bonds is 8. The Morgan fingerprint density at radius 1 is 1.53 bits per heavy atom. The average Bonchev–Trinajstić information content (AvgIpc) is 2.34. The second-order valence-electron chi connectivity index (χ2n) is 3.07. The van der Waals surface area contributed by atoms with Gasteiger partial charge in [0.25, 0.3) is 0 Å². The molecule has 0 fully saturated rings. The highest BCUT2D eigenvalue weighted by molar-refractivity contribution is 6.31. The zero-order chi connectivity index (χ0) is 12.9. The zero-order valence-corrected chi connectivity index (χ0v) is 11.1. The standard InChI is InChI=1S/C12H20ClN3O/c1-3-5-6-8-15-10-17-9-7-11(13)12(4-2)16-14/h4-8,16H,3,9-10,14H2,1-2H3/b6-5-,11-7+,12-4+,15-8?. The van der Waals surface area contributed by atoms with Crippen LogP contribution in [0.2, 0.25) is 0 Å². The van der Waals surface area contributed by atoms with E-state index in [1.807, 2.05) is 19.1 Å². The van der Waals surface area contributed by atoms with Crippen molar-refractivity contribution in [3.8, 4) is 0 Å². The molecule has 4 nitrogen and oxygen atoms in total. The molecule has 0 aliphatic rings. The van der Waals surface area contributed by atoms with E-state index in [2.05, 4.69) is 17.3 Å². The summed E-state index contributed by atoms with van der Waals surface area (Å²) >= 11 is 5.95. The van der Waals surface area contributed by atoms with Crippen LogP contribution >= 0.6 is 11.6 Å². The third-order valence-electron chi connectivity index (χ3n) is 1.81. The van der Waals surface area contributed by atoms with Gasteiger partial charge in [0, 0.05) is 6.21 Å². The summed E-state index contributed by atoms with van der Waals surface area (Å²) in [5, 5.41) is 0.532. The van der Waals surface area contributed by atoms with Gasteiger partial charge in [-0.3, -0.25) is 10.8 Å². The fraction of sp³-hybridized carbons (Fsp3) is 0.417. The van der Waals surface area contributed by atoms with Gasteiger partial charge in [0.15, 0.2) is 0 Å². The van der Waals surface area contributed by atoms with Crippen molar-refractivity contribution in [1.29, 1.82) is 0 Å². The lowest BCUT2D eigenvalue weighted by Gasteiger charge is -2.03. The van der Waals surface area contributed by atoms with E-state index in [1.165, 1.54) is 0 Å². The van der Waals surface area contributed by atoms with Gasteiger partial charge < -0.3 is 10.2 Å². The van der Waals surface area contributed by atoms with Crippen molar-refractivity contribution < 1.29 is 4.74 Å². The van der Waals surface area contributed by atoms with Crippen LogP contribution in [0.3, 0.4) is 0 Å². The molecule has 5 heteroatoms. The number of nitrogens with two attached hydrogens (primary N) is 1. The number of nitrogens with zero attached hydrogens (tertiary/aromatic N) is 1. The Morgan fingerprint density at radius 2 is 2.29 bits per heavy atom. The summed E-state index contributed by atoms with van der Waals surface area (Å²) in [5.74, 6) is 5.27. The van der Waals surface area contributed by atoms with Crippen LogP contribution in [-0.4, -0.2) is 19.6 Å². The molecular formula is C12H20ClN3O. The summed E-state index contributed by atoms with van der Waals surface area (Å²) in [4.78, 5) is 4.03. The Labute approximate surface area is 108 Å². The molecule has 0 spiro atoms. The van der Waals surface area contributed by atoms with E-state index in [-0.39, 0.29) is 0 Å². The minimum Gasteiger partial charge on any atom is -0.355 e. The minimum absolute atomic E-state index is 0.315. The molecule has 0 atom stereocenters. The first-order chi connectivity index (χ1) is 8.26. The molecule has 0 aromatic heterocycles. The maximum atomic E-state index is 5.95. The summed E-state index contributed by atoms with van der Waals surface area (Å²) in [6.45, 7) is 4.62. The summed E-state index contributed by atoms with van der Waals surface area (Å²) in [6.07, 6.45) is 10.1. The van der Waals surface area contributed by atoms with Crippen molar-refractivity contribution in [2.24, 2.45) is 10.8 Å². The third kappa shape index (κ3) is 8.68. The number of ether oxygens (including phenoxy) is 1. The molecule has 0 aliphatic heterocycles. The van der Waals surface area contributed by atoms with E-state index in [1.54, 1.807) is 18.4 Å². The molecule has 0 unspecified atom stereocenters. The normalized spacial score (nSPS) is 13.9. The van der Waals surface area contributed by atoms with Crippen LogP contribution in [-0.2, 0) is 4.74 Å². The smallest absolute Gasteiger partial charge is 0.137 e. The first-order valence-corrected chi connectivity index (χ1v) is 5.85. The van der Waals surface area contributed by atoms with Crippen molar-refractivity contribution in [3.05, 3.63) is 35.0 Å². The topological polar surface area (TPSA) is 59.6 Å². The van der Waals surface area contributed by atoms with Crippen LogP contribution in [0.4, 0.5) is 0 Å². The van der Waals surface area contributed by atoms with Crippen LogP contribution in [0.5, 0.6) is 0 Å². The van der Waals surface area contributed by atoms with E-state index < -0.39 is 0 Å². The molecule has 0 heterocycles. The van der Waals surface area contributed by atoms with Gasteiger partial charge >= 0.3 is 0 Å². The van der Waals surface area contributed by atoms with E-state index >= 15 is 0 Å². The van der Waals surface area contributed by atoms with Crippen molar-refractivity contribution in [2.75, 3.05) is 13.3 Å². The number of nitrogens with one attached hydrogen (secondary N) is 1. The van der Waals surface area contributed by atoms with Gasteiger partial charge in [-0.15, -0.1) is 0 Å². The molecule has 17 heavy (non-hydrogen) atoms. The van der Waals surface area contributed by atoms with Gasteiger partial charge in [0.05, 0.1) is 17.3 Å². The molecule has 3 N–H and O–H groups in total. The predicted octanol–water partition coefficient (Wildman–Crippen LogP) is 2.49. The molecule has 0 saturated carbocycles. The van der Waals surface area contributed by atoms with E-state index in [0.717, 1.165) is 6.42 Å². The number of aliphatic imine (C=N–C) groups is 1. The van der Waals surface area contributed by atoms with Crippen LogP contribution in [0.1, 0.15) is 20.3 Å². The Bertz CT molecular complexity index is 309. The number of halogens is 1. The highest BCUT2D eigenvalue weighted by atomic mass is 35.5. The Kier molecular flexibility index (Phi) is 10.7. The molecule has 0 aromatic carbocycles. The Balaban J connectivity index is 3.80. The number of allylic oxidation sites excluding steroid dienone is 4. The molecule has 0 saturated heterocycles. The van der Waals surface area contributed by atoms with Crippen LogP contribution in [0.25, 0.3) is 0 Å². The van der Waals surface area contributed by atoms with Gasteiger partial charge in [-0.1, -0.05) is 30.7 Å². The number of hydrogen-bond donors (Lipinski definition) is 2. The van der Waals surface area contributed by atoms with Gasteiger partial charge in [0.1, 0.15) is 6.73 Å². The summed E-state index contributed by atoms with van der Waals surface area (Å²) in [6, 6.07) is 0. The molecule has 0 aromatic rings. The van der Waals surface area contributed by atoms with E-state index in [9.17, 15) is 0 Å². The number of hydrazine groups is 1. The van der Waals surface area contributed by atoms with Crippen LogP contribution in [0, 0.1) is 0 Å². The SMILES string of the molecule is C/C=C(NN)\C(Cl)=C/COCN=C/C=C\CC. The lowest BCUT2D eigenvalue weighted by molar-refractivity contribution is 0.172. The van der Waals surface area contributed by atoms with Crippen molar-refractivity contribution in [3.63, 3.8) is 0 Å². The molecule has 0 aliphatic carbocycles. The van der Waals surface area contributed by atoms with Crippen molar-refractivity contribution in [1.82, 2.24) is 5.43 Å². The van der Waals surface area contributed by atoms with Gasteiger partial charge in [-0.05, 0) is 25.5 Å². The number of hydrogen-bond acceptors (Lipinski definition) is 4. The maximum Gasteiger partial charge on any atom is 0.137 e. The summed E-state index contributed by atoms with van der Waals surface area (Å²) < 4.78 is 5.24. The van der Waals surface area contributed by atoms with Gasteiger partial charge in [-0.2, -0.15) is 0 Å². The van der Waals surface area contributed by atoms with Crippen LogP contribution < -0.4 is 11.3 Å². The van der Waals surface area contributed by atoms with E-state index in [4.69, 9.17) is 22.2 Å². The highest BCUT2D eigenvalue weighted by Gasteiger charge is 1.96.